The summed E-state index contributed by atoms with van der Waals surface area (Å²) in [5.41, 5.74) is 2.44. The zero-order valence-corrected chi connectivity index (χ0v) is 10.8. The van der Waals surface area contributed by atoms with Crippen LogP contribution in [0.2, 0.25) is 0 Å². The summed E-state index contributed by atoms with van der Waals surface area (Å²) in [6.45, 7) is 5.95. The van der Waals surface area contributed by atoms with Gasteiger partial charge in [-0.05, 0) is 24.5 Å². The Bertz CT molecular complexity index is 297. The van der Waals surface area contributed by atoms with Crippen molar-refractivity contribution in [3.8, 4) is 0 Å². The number of para-hydroxylation sites is 1. The molecule has 0 aromatic heterocycles. The summed E-state index contributed by atoms with van der Waals surface area (Å²) >= 11 is 0. The van der Waals surface area contributed by atoms with E-state index in [1.807, 2.05) is 40.0 Å². The second-order valence-corrected chi connectivity index (χ2v) is 3.56. The molecule has 0 amide bonds. The lowest BCUT2D eigenvalue weighted by molar-refractivity contribution is -0.110. The fourth-order valence-corrected chi connectivity index (χ4v) is 1.43. The molecule has 0 bridgehead atoms. The van der Waals surface area contributed by atoms with Gasteiger partial charge in [0.2, 0.25) is 0 Å². The molecule has 0 aliphatic heterocycles. The summed E-state index contributed by atoms with van der Waals surface area (Å²) in [5, 5.41) is 3.15. The van der Waals surface area contributed by atoms with E-state index in [1.165, 1.54) is 5.56 Å². The molecular weight excluding hydrogens is 198 g/mol. The molecule has 0 saturated carbocycles. The minimum Gasteiger partial charge on any atom is -0.388 e. The van der Waals surface area contributed by atoms with Gasteiger partial charge in [-0.3, -0.25) is 0 Å². The summed E-state index contributed by atoms with van der Waals surface area (Å²) in [6.07, 6.45) is 2.89. The van der Waals surface area contributed by atoms with E-state index < -0.39 is 0 Å². The average Bonchev–Trinajstić information content (AvgIpc) is 2.38. The van der Waals surface area contributed by atoms with Gasteiger partial charge in [0.05, 0.1) is 0 Å². The van der Waals surface area contributed by atoms with Gasteiger partial charge in [-0.2, -0.15) is 0 Å². The van der Waals surface area contributed by atoms with Crippen LogP contribution in [-0.2, 0) is 11.2 Å². The fraction of sp³-hybridized carbons (Fsp3) is 0.500. The van der Waals surface area contributed by atoms with E-state index in [2.05, 4.69) is 17.4 Å². The van der Waals surface area contributed by atoms with Gasteiger partial charge in [-0.25, -0.2) is 0 Å². The first-order chi connectivity index (χ1) is 7.77. The van der Waals surface area contributed by atoms with E-state index in [0.717, 1.165) is 24.8 Å². The molecule has 0 aliphatic carbocycles. The molecule has 0 saturated heterocycles. The van der Waals surface area contributed by atoms with Gasteiger partial charge in [-0.15, -0.1) is 0 Å². The second-order valence-electron chi connectivity index (χ2n) is 3.56. The number of hydrogen-bond acceptors (Lipinski definition) is 2. The fourth-order valence-electron chi connectivity index (χ4n) is 1.43. The number of carbonyl (C=O) groups is 1. The van der Waals surface area contributed by atoms with Gasteiger partial charge in [0.25, 0.3) is 0 Å². The molecular formula is C14H23NO. The lowest BCUT2D eigenvalue weighted by Crippen LogP contribution is -2.00. The average molecular weight is 221 g/mol. The number of anilines is 1. The maximum Gasteiger partial charge on any atom is 0.122 e. The summed E-state index contributed by atoms with van der Waals surface area (Å²) in [5.74, 6) is 0.153. The van der Waals surface area contributed by atoms with E-state index in [1.54, 1.807) is 0 Å². The Balaban J connectivity index is 0.00000106. The normalized spacial score (nSPS) is 11.0. The Labute approximate surface area is 99.1 Å². The Morgan fingerprint density at radius 1 is 1.31 bits per heavy atom. The largest absolute Gasteiger partial charge is 0.388 e. The highest BCUT2D eigenvalue weighted by Gasteiger charge is 2.03. The molecule has 1 aromatic rings. The highest BCUT2D eigenvalue weighted by atomic mass is 16.1. The summed E-state index contributed by atoms with van der Waals surface area (Å²) < 4.78 is 0. The zero-order valence-electron chi connectivity index (χ0n) is 10.8. The quantitative estimate of drug-likeness (QED) is 0.771. The minimum absolute atomic E-state index is 0.153. The van der Waals surface area contributed by atoms with Crippen molar-refractivity contribution >= 4 is 12.0 Å². The molecule has 2 heteroatoms. The van der Waals surface area contributed by atoms with Crippen molar-refractivity contribution in [2.45, 2.75) is 33.6 Å². The van der Waals surface area contributed by atoms with Gasteiger partial charge in [0.15, 0.2) is 0 Å². The molecule has 16 heavy (non-hydrogen) atoms. The molecule has 0 fully saturated rings. The van der Waals surface area contributed by atoms with Crippen LogP contribution < -0.4 is 5.32 Å². The van der Waals surface area contributed by atoms with Gasteiger partial charge in [0, 0.05) is 18.7 Å². The molecule has 1 rings (SSSR count). The molecule has 0 spiro atoms. The smallest absolute Gasteiger partial charge is 0.122 e. The number of aryl methyl sites for hydroxylation is 1. The molecule has 2 nitrogen and oxygen atoms in total. The minimum atomic E-state index is 0.153. The van der Waals surface area contributed by atoms with Crippen LogP contribution in [0.25, 0.3) is 0 Å². The van der Waals surface area contributed by atoms with Crippen molar-refractivity contribution in [1.29, 1.82) is 0 Å². The molecule has 1 N–H and O–H groups in total. The topological polar surface area (TPSA) is 29.1 Å². The maximum atomic E-state index is 10.5. The van der Waals surface area contributed by atoms with Crippen LogP contribution in [0, 0.1) is 5.92 Å². The maximum absolute atomic E-state index is 10.5. The first-order valence-electron chi connectivity index (χ1n) is 5.99. The third-order valence-electron chi connectivity index (χ3n) is 2.39. The van der Waals surface area contributed by atoms with E-state index in [4.69, 9.17) is 0 Å². The SMILES string of the molecule is CC.CNc1ccccc1CCC(C)C=O. The lowest BCUT2D eigenvalue weighted by Gasteiger charge is -2.09. The Morgan fingerprint density at radius 3 is 2.50 bits per heavy atom. The molecule has 0 radical (unpaired) electrons. The Morgan fingerprint density at radius 2 is 1.94 bits per heavy atom. The monoisotopic (exact) mass is 221 g/mol. The molecule has 0 heterocycles. The first-order valence-corrected chi connectivity index (χ1v) is 5.99. The van der Waals surface area contributed by atoms with Crippen LogP contribution in [0.4, 0.5) is 5.69 Å². The molecule has 1 unspecified atom stereocenters. The predicted octanol–water partition coefficient (Wildman–Crippen LogP) is 3.52. The highest BCUT2D eigenvalue weighted by Crippen LogP contribution is 2.17. The van der Waals surface area contributed by atoms with Crippen LogP contribution in [0.15, 0.2) is 24.3 Å². The van der Waals surface area contributed by atoms with Crippen LogP contribution in [0.1, 0.15) is 32.8 Å². The third-order valence-corrected chi connectivity index (χ3v) is 2.39. The zero-order chi connectivity index (χ0) is 12.4. The van der Waals surface area contributed by atoms with Gasteiger partial charge in [-0.1, -0.05) is 39.0 Å². The summed E-state index contributed by atoms with van der Waals surface area (Å²) in [6, 6.07) is 8.20. The molecule has 1 atom stereocenters. The van der Waals surface area contributed by atoms with E-state index >= 15 is 0 Å². The van der Waals surface area contributed by atoms with Crippen LogP contribution >= 0.6 is 0 Å². The van der Waals surface area contributed by atoms with Crippen LogP contribution in [0.5, 0.6) is 0 Å². The predicted molar refractivity (Wildman–Crippen MR) is 70.9 cm³/mol. The van der Waals surface area contributed by atoms with Crippen molar-refractivity contribution in [1.82, 2.24) is 0 Å². The van der Waals surface area contributed by atoms with Crippen molar-refractivity contribution in [2.75, 3.05) is 12.4 Å². The molecule has 0 aliphatic rings. The van der Waals surface area contributed by atoms with Crippen molar-refractivity contribution in [3.63, 3.8) is 0 Å². The standard InChI is InChI=1S/C12H17NO.C2H6/c1-10(9-14)7-8-11-5-3-4-6-12(11)13-2;1-2/h3-6,9-10,13H,7-8H2,1-2H3;1-2H3. The summed E-state index contributed by atoms with van der Waals surface area (Å²) in [7, 11) is 1.92. The number of carbonyl (C=O) groups excluding carboxylic acids is 1. The van der Waals surface area contributed by atoms with Crippen molar-refractivity contribution < 1.29 is 4.79 Å². The first kappa shape index (κ1) is 14.7. The van der Waals surface area contributed by atoms with Crippen LogP contribution in [-0.4, -0.2) is 13.3 Å². The number of benzene rings is 1. The lowest BCUT2D eigenvalue weighted by atomic mass is 10.0. The van der Waals surface area contributed by atoms with Gasteiger partial charge < -0.3 is 10.1 Å². The Hall–Kier alpha value is -1.31. The summed E-state index contributed by atoms with van der Waals surface area (Å²) in [4.78, 5) is 10.5. The number of rotatable bonds is 5. The van der Waals surface area contributed by atoms with Crippen molar-refractivity contribution in [3.05, 3.63) is 29.8 Å². The molecule has 90 valence electrons. The number of nitrogens with one attached hydrogen (secondary N) is 1. The van der Waals surface area contributed by atoms with Crippen LogP contribution in [0.3, 0.4) is 0 Å². The van der Waals surface area contributed by atoms with Crippen molar-refractivity contribution in [2.24, 2.45) is 5.92 Å². The second kappa shape index (κ2) is 8.96. The Kier molecular flexibility index (Phi) is 8.22. The molecule has 1 aromatic carbocycles. The third kappa shape index (κ3) is 4.96. The number of hydrogen-bond donors (Lipinski definition) is 1. The van der Waals surface area contributed by atoms with E-state index in [0.29, 0.717) is 0 Å². The number of aldehydes is 1. The van der Waals surface area contributed by atoms with E-state index in [-0.39, 0.29) is 5.92 Å². The highest BCUT2D eigenvalue weighted by molar-refractivity contribution is 5.54. The van der Waals surface area contributed by atoms with E-state index in [9.17, 15) is 4.79 Å². The van der Waals surface area contributed by atoms with Gasteiger partial charge >= 0.3 is 0 Å². The van der Waals surface area contributed by atoms with Gasteiger partial charge in [0.1, 0.15) is 6.29 Å².